The number of rotatable bonds is 3. The van der Waals surface area contributed by atoms with Gasteiger partial charge in [-0.1, -0.05) is 18.2 Å². The van der Waals surface area contributed by atoms with Gasteiger partial charge in [-0.2, -0.15) is 0 Å². The zero-order chi connectivity index (χ0) is 10.8. The van der Waals surface area contributed by atoms with Crippen LogP contribution in [0.5, 0.6) is 0 Å². The van der Waals surface area contributed by atoms with Gasteiger partial charge in [-0.3, -0.25) is 4.79 Å². The molecule has 3 nitrogen and oxygen atoms in total. The summed E-state index contributed by atoms with van der Waals surface area (Å²) in [6.07, 6.45) is 2.54. The monoisotopic (exact) mass is 201 g/mol. The molecule has 15 heavy (non-hydrogen) atoms. The summed E-state index contributed by atoms with van der Waals surface area (Å²) < 4.78 is 0. The van der Waals surface area contributed by atoms with Crippen LogP contribution in [0.2, 0.25) is 0 Å². The number of H-pyrrole nitrogens is 1. The number of aromatic nitrogens is 1. The zero-order valence-corrected chi connectivity index (χ0v) is 8.58. The summed E-state index contributed by atoms with van der Waals surface area (Å²) >= 11 is 0. The Bertz CT molecular complexity index is 487. The van der Waals surface area contributed by atoms with Crippen molar-refractivity contribution in [2.75, 3.05) is 0 Å². The largest absolute Gasteiger partial charge is 0.369 e. The Morgan fingerprint density at radius 3 is 2.87 bits per heavy atom. The predicted octanol–water partition coefficient (Wildman–Crippen LogP) is 1.79. The maximum absolute atomic E-state index is 10.9. The molecule has 3 N–H and O–H groups in total. The van der Waals surface area contributed by atoms with Crippen LogP contribution in [0.1, 0.15) is 12.5 Å². The number of para-hydroxylation sites is 1. The molecule has 1 heterocycles. The molecule has 1 aromatic heterocycles. The molecule has 0 aliphatic rings. The lowest BCUT2D eigenvalue weighted by Crippen LogP contribution is -2.20. The van der Waals surface area contributed by atoms with E-state index in [4.69, 9.17) is 5.73 Å². The Morgan fingerprint density at radius 2 is 2.13 bits per heavy atom. The summed E-state index contributed by atoms with van der Waals surface area (Å²) in [7, 11) is 0. The third-order valence-electron chi connectivity index (χ3n) is 2.55. The highest BCUT2D eigenvalue weighted by molar-refractivity contribution is 5.90. The van der Waals surface area contributed by atoms with Gasteiger partial charge < -0.3 is 10.7 Å². The summed E-state index contributed by atoms with van der Waals surface area (Å²) in [6.45, 7) is 1.77. The van der Waals surface area contributed by atoms with Crippen LogP contribution in [0, 0.1) is 5.92 Å². The van der Waals surface area contributed by atoms with Gasteiger partial charge in [0.15, 0.2) is 0 Å². The van der Waals surface area contributed by atoms with Crippen LogP contribution in [-0.4, -0.2) is 10.9 Å². The number of nitrogens with two attached hydrogens (primary N) is 1. The lowest BCUT2D eigenvalue weighted by Gasteiger charge is -2.04. The number of aromatic amines is 1. The summed E-state index contributed by atoms with van der Waals surface area (Å²) in [5.74, 6) is 0.347. The quantitative estimate of drug-likeness (QED) is 0.781. The number of primary amides is 1. The normalized spacial score (nSPS) is 11.1. The van der Waals surface area contributed by atoms with Gasteiger partial charge in [0.2, 0.25) is 5.91 Å². The van der Waals surface area contributed by atoms with Crippen molar-refractivity contribution in [3.05, 3.63) is 41.9 Å². The van der Waals surface area contributed by atoms with Crippen molar-refractivity contribution < 1.29 is 4.79 Å². The number of amides is 1. The highest BCUT2D eigenvalue weighted by Gasteiger charge is 2.12. The van der Waals surface area contributed by atoms with Crippen LogP contribution in [0.15, 0.2) is 30.5 Å². The van der Waals surface area contributed by atoms with E-state index in [1.165, 1.54) is 0 Å². The molecule has 0 saturated carbocycles. The van der Waals surface area contributed by atoms with Gasteiger partial charge in [-0.25, -0.2) is 0 Å². The molecule has 0 spiro atoms. The van der Waals surface area contributed by atoms with Crippen molar-refractivity contribution in [2.45, 2.75) is 13.3 Å². The highest BCUT2D eigenvalue weighted by atomic mass is 16.1. The predicted molar refractivity (Wildman–Crippen MR) is 60.1 cm³/mol. The molecule has 1 aromatic carbocycles. The molecule has 1 amide bonds. The molecule has 0 atom stereocenters. The Kier molecular flexibility index (Phi) is 2.46. The van der Waals surface area contributed by atoms with Gasteiger partial charge in [0.25, 0.3) is 0 Å². The molecule has 77 valence electrons. The van der Waals surface area contributed by atoms with E-state index in [2.05, 4.69) is 4.98 Å². The van der Waals surface area contributed by atoms with E-state index in [9.17, 15) is 4.79 Å². The van der Waals surface area contributed by atoms with Crippen LogP contribution in [0.4, 0.5) is 0 Å². The van der Waals surface area contributed by atoms with Crippen molar-refractivity contribution in [2.24, 2.45) is 5.73 Å². The smallest absolute Gasteiger partial charge is 0.224 e. The summed E-state index contributed by atoms with van der Waals surface area (Å²) in [5, 5.41) is 1.15. The standard InChI is InChI=1S/C12H13N2O/c1-8(12(13)15)6-9-7-14-11-5-3-2-4-10(9)11/h2-5,7,14H,6H2,1H3,(H2,13,15). The first kappa shape index (κ1) is 9.77. The molecular formula is C12H13N2O. The minimum atomic E-state index is -0.333. The first-order chi connectivity index (χ1) is 7.18. The molecule has 0 bridgehead atoms. The van der Waals surface area contributed by atoms with Gasteiger partial charge in [0.05, 0.1) is 5.92 Å². The topological polar surface area (TPSA) is 58.9 Å². The van der Waals surface area contributed by atoms with Gasteiger partial charge in [0.1, 0.15) is 0 Å². The average molecular weight is 201 g/mol. The molecule has 0 unspecified atom stereocenters. The van der Waals surface area contributed by atoms with Crippen molar-refractivity contribution in [1.82, 2.24) is 4.98 Å². The number of hydrogen-bond donors (Lipinski definition) is 2. The Hall–Kier alpha value is -1.77. The summed E-state index contributed by atoms with van der Waals surface area (Å²) in [6, 6.07) is 8.01. The van der Waals surface area contributed by atoms with Gasteiger partial charge in [-0.15, -0.1) is 0 Å². The van der Waals surface area contributed by atoms with E-state index >= 15 is 0 Å². The summed E-state index contributed by atoms with van der Waals surface area (Å²) in [4.78, 5) is 14.1. The first-order valence-corrected chi connectivity index (χ1v) is 4.85. The zero-order valence-electron chi connectivity index (χ0n) is 8.58. The van der Waals surface area contributed by atoms with Gasteiger partial charge in [-0.05, 0) is 25.0 Å². The fourth-order valence-electron chi connectivity index (χ4n) is 1.65. The van der Waals surface area contributed by atoms with Crippen molar-refractivity contribution in [1.29, 1.82) is 0 Å². The molecule has 0 aliphatic heterocycles. The van der Waals surface area contributed by atoms with Crippen LogP contribution in [-0.2, 0) is 11.2 Å². The fraction of sp³-hybridized carbons (Fsp3) is 0.167. The molecular weight excluding hydrogens is 188 g/mol. The Labute approximate surface area is 88.3 Å². The lowest BCUT2D eigenvalue weighted by atomic mass is 10.0. The second kappa shape index (κ2) is 3.77. The van der Waals surface area contributed by atoms with Gasteiger partial charge in [0, 0.05) is 17.1 Å². The van der Waals surface area contributed by atoms with E-state index in [1.54, 1.807) is 6.92 Å². The Morgan fingerprint density at radius 1 is 1.40 bits per heavy atom. The molecule has 1 radical (unpaired) electrons. The lowest BCUT2D eigenvalue weighted by molar-refractivity contribution is -0.116. The van der Waals surface area contributed by atoms with Gasteiger partial charge >= 0.3 is 0 Å². The fourth-order valence-corrected chi connectivity index (χ4v) is 1.65. The molecule has 3 heteroatoms. The number of carbonyl (C=O) groups excluding carboxylic acids is 1. The molecule has 2 rings (SSSR count). The average Bonchev–Trinajstić information content (AvgIpc) is 2.62. The van der Waals surface area contributed by atoms with E-state index in [0.29, 0.717) is 12.3 Å². The van der Waals surface area contributed by atoms with E-state index in [-0.39, 0.29) is 5.91 Å². The van der Waals surface area contributed by atoms with E-state index in [1.807, 2.05) is 30.5 Å². The Balaban J connectivity index is 2.32. The molecule has 0 saturated heterocycles. The first-order valence-electron chi connectivity index (χ1n) is 4.85. The number of fused-ring (bicyclic) bond motifs is 1. The number of carbonyl (C=O) groups is 1. The minimum Gasteiger partial charge on any atom is -0.369 e. The number of benzene rings is 1. The number of hydrogen-bond acceptors (Lipinski definition) is 1. The van der Waals surface area contributed by atoms with Crippen LogP contribution in [0.3, 0.4) is 0 Å². The second-order valence-electron chi connectivity index (χ2n) is 3.68. The second-order valence-corrected chi connectivity index (χ2v) is 3.68. The van der Waals surface area contributed by atoms with Crippen LogP contribution < -0.4 is 5.73 Å². The van der Waals surface area contributed by atoms with E-state index in [0.717, 1.165) is 16.5 Å². The maximum atomic E-state index is 10.9. The number of nitrogens with one attached hydrogen (secondary N) is 1. The van der Waals surface area contributed by atoms with Crippen molar-refractivity contribution in [3.63, 3.8) is 0 Å². The summed E-state index contributed by atoms with van der Waals surface area (Å²) in [5.41, 5.74) is 7.41. The van der Waals surface area contributed by atoms with E-state index < -0.39 is 0 Å². The molecule has 0 fully saturated rings. The maximum Gasteiger partial charge on any atom is 0.224 e. The van der Waals surface area contributed by atoms with Crippen molar-refractivity contribution in [3.8, 4) is 0 Å². The molecule has 2 aromatic rings. The van der Waals surface area contributed by atoms with Crippen molar-refractivity contribution >= 4 is 16.8 Å². The third-order valence-corrected chi connectivity index (χ3v) is 2.55. The molecule has 0 aliphatic carbocycles. The van der Waals surface area contributed by atoms with Crippen LogP contribution in [0.25, 0.3) is 10.9 Å². The third kappa shape index (κ3) is 1.86. The minimum absolute atomic E-state index is 0.333. The van der Waals surface area contributed by atoms with Crippen LogP contribution >= 0.6 is 0 Å². The highest BCUT2D eigenvalue weighted by Crippen LogP contribution is 2.20. The SMILES string of the molecule is C[C](Cc1c[nH]c2ccccc12)C(N)=O.